The summed E-state index contributed by atoms with van der Waals surface area (Å²) in [7, 11) is 3.87. The molecule has 1 amide bonds. The van der Waals surface area contributed by atoms with Crippen molar-refractivity contribution in [1.29, 1.82) is 0 Å². The summed E-state index contributed by atoms with van der Waals surface area (Å²) >= 11 is 3.46. The first kappa shape index (κ1) is 14.5. The van der Waals surface area contributed by atoms with Crippen molar-refractivity contribution in [2.24, 2.45) is 0 Å². The smallest absolute Gasteiger partial charge is 0.236 e. The van der Waals surface area contributed by atoms with E-state index in [4.69, 9.17) is 0 Å². The molecule has 0 aromatic heterocycles. The number of likely N-dealkylation sites (N-methyl/N-ethyl adjacent to an activating group) is 1. The van der Waals surface area contributed by atoms with Crippen LogP contribution in [0.5, 0.6) is 0 Å². The first-order valence-electron chi connectivity index (χ1n) is 6.74. The second-order valence-corrected chi connectivity index (χ2v) is 6.36. The van der Waals surface area contributed by atoms with Crippen molar-refractivity contribution in [2.45, 2.75) is 18.8 Å². The van der Waals surface area contributed by atoms with Crippen LogP contribution in [0.3, 0.4) is 0 Å². The summed E-state index contributed by atoms with van der Waals surface area (Å²) in [5.41, 5.74) is 1.39. The minimum Gasteiger partial charge on any atom is -0.342 e. The number of nitrogens with zero attached hydrogens (tertiary/aromatic N) is 2. The Hall–Kier alpha value is -0.870. The second-order valence-electron chi connectivity index (χ2n) is 5.44. The van der Waals surface area contributed by atoms with Gasteiger partial charge in [0, 0.05) is 17.6 Å². The minimum absolute atomic E-state index is 0.249. The van der Waals surface area contributed by atoms with Gasteiger partial charge in [-0.05, 0) is 50.6 Å². The number of rotatable bonds is 3. The van der Waals surface area contributed by atoms with Gasteiger partial charge in [-0.25, -0.2) is 0 Å². The molecule has 104 valence electrons. The lowest BCUT2D eigenvalue weighted by molar-refractivity contribution is -0.132. The Balaban J connectivity index is 1.88. The van der Waals surface area contributed by atoms with Crippen molar-refractivity contribution in [1.82, 2.24) is 9.80 Å². The molecule has 0 N–H and O–H groups in total. The zero-order valence-electron chi connectivity index (χ0n) is 11.6. The molecule has 1 aromatic carbocycles. The van der Waals surface area contributed by atoms with Crippen molar-refractivity contribution < 1.29 is 4.79 Å². The standard InChI is InChI=1S/C15H21BrN2O/c1-17(2)11-15(19)18-9-7-13(8-10-18)12-3-5-14(16)6-4-12/h3-6,13H,7-11H2,1-2H3. The molecule has 0 saturated carbocycles. The van der Waals surface area contributed by atoms with Crippen LogP contribution in [0.4, 0.5) is 0 Å². The number of hydrogen-bond acceptors (Lipinski definition) is 2. The van der Waals surface area contributed by atoms with Crippen LogP contribution in [0, 0.1) is 0 Å². The highest BCUT2D eigenvalue weighted by Gasteiger charge is 2.23. The topological polar surface area (TPSA) is 23.6 Å². The van der Waals surface area contributed by atoms with Gasteiger partial charge in [-0.3, -0.25) is 4.79 Å². The SMILES string of the molecule is CN(C)CC(=O)N1CCC(c2ccc(Br)cc2)CC1. The molecule has 1 fully saturated rings. The van der Waals surface area contributed by atoms with Crippen LogP contribution in [-0.4, -0.2) is 49.4 Å². The molecular formula is C15H21BrN2O. The second kappa shape index (κ2) is 6.53. The predicted octanol–water partition coefficient (Wildman–Crippen LogP) is 2.72. The number of piperidine rings is 1. The van der Waals surface area contributed by atoms with Crippen LogP contribution in [-0.2, 0) is 4.79 Å². The minimum atomic E-state index is 0.249. The van der Waals surface area contributed by atoms with Gasteiger partial charge < -0.3 is 9.80 Å². The van der Waals surface area contributed by atoms with E-state index >= 15 is 0 Å². The zero-order valence-corrected chi connectivity index (χ0v) is 13.2. The van der Waals surface area contributed by atoms with E-state index in [1.807, 2.05) is 23.9 Å². The molecule has 0 aliphatic carbocycles. The quantitative estimate of drug-likeness (QED) is 0.853. The third-order valence-electron chi connectivity index (χ3n) is 3.64. The lowest BCUT2D eigenvalue weighted by Gasteiger charge is -2.33. The van der Waals surface area contributed by atoms with Crippen molar-refractivity contribution >= 4 is 21.8 Å². The van der Waals surface area contributed by atoms with Crippen molar-refractivity contribution in [3.63, 3.8) is 0 Å². The monoisotopic (exact) mass is 324 g/mol. The Labute approximate surface area is 123 Å². The Morgan fingerprint density at radius 2 is 1.84 bits per heavy atom. The van der Waals surface area contributed by atoms with Gasteiger partial charge in [-0.15, -0.1) is 0 Å². The van der Waals surface area contributed by atoms with E-state index in [-0.39, 0.29) is 5.91 Å². The zero-order chi connectivity index (χ0) is 13.8. The Morgan fingerprint density at radius 3 is 2.37 bits per heavy atom. The van der Waals surface area contributed by atoms with E-state index in [0.29, 0.717) is 12.5 Å². The lowest BCUT2D eigenvalue weighted by atomic mass is 9.89. The van der Waals surface area contributed by atoms with Crippen LogP contribution >= 0.6 is 15.9 Å². The number of benzene rings is 1. The molecule has 1 saturated heterocycles. The van der Waals surface area contributed by atoms with Crippen molar-refractivity contribution in [3.8, 4) is 0 Å². The van der Waals surface area contributed by atoms with Crippen LogP contribution in [0.25, 0.3) is 0 Å². The number of amides is 1. The lowest BCUT2D eigenvalue weighted by Crippen LogP contribution is -2.42. The number of likely N-dealkylation sites (tertiary alicyclic amines) is 1. The number of halogens is 1. The van der Waals surface area contributed by atoms with Crippen LogP contribution in [0.1, 0.15) is 24.3 Å². The third kappa shape index (κ3) is 4.05. The van der Waals surface area contributed by atoms with Crippen LogP contribution < -0.4 is 0 Å². The maximum absolute atomic E-state index is 12.0. The van der Waals surface area contributed by atoms with Gasteiger partial charge in [-0.2, -0.15) is 0 Å². The molecule has 3 nitrogen and oxygen atoms in total. The first-order valence-corrected chi connectivity index (χ1v) is 7.53. The maximum Gasteiger partial charge on any atom is 0.236 e. The average Bonchev–Trinajstić information content (AvgIpc) is 2.39. The average molecular weight is 325 g/mol. The summed E-state index contributed by atoms with van der Waals surface area (Å²) in [6, 6.07) is 8.57. The molecule has 0 atom stereocenters. The van der Waals surface area contributed by atoms with E-state index in [9.17, 15) is 4.79 Å². The molecule has 0 radical (unpaired) electrons. The molecule has 0 spiro atoms. The van der Waals surface area contributed by atoms with E-state index in [0.717, 1.165) is 30.4 Å². The summed E-state index contributed by atoms with van der Waals surface area (Å²) < 4.78 is 1.12. The van der Waals surface area contributed by atoms with Gasteiger partial charge in [0.15, 0.2) is 0 Å². The fourth-order valence-electron chi connectivity index (χ4n) is 2.57. The molecular weight excluding hydrogens is 304 g/mol. The third-order valence-corrected chi connectivity index (χ3v) is 4.17. The van der Waals surface area contributed by atoms with Gasteiger partial charge in [0.1, 0.15) is 0 Å². The number of carbonyl (C=O) groups excluding carboxylic acids is 1. The molecule has 1 aliphatic rings. The Bertz CT molecular complexity index is 422. The fourth-order valence-corrected chi connectivity index (χ4v) is 2.83. The molecule has 4 heteroatoms. The Morgan fingerprint density at radius 1 is 1.26 bits per heavy atom. The predicted molar refractivity (Wildman–Crippen MR) is 81.3 cm³/mol. The van der Waals surface area contributed by atoms with Gasteiger partial charge in [0.2, 0.25) is 5.91 Å². The summed E-state index contributed by atoms with van der Waals surface area (Å²) in [4.78, 5) is 15.9. The maximum atomic E-state index is 12.0. The van der Waals surface area contributed by atoms with Crippen LogP contribution in [0.2, 0.25) is 0 Å². The highest BCUT2D eigenvalue weighted by molar-refractivity contribution is 9.10. The van der Waals surface area contributed by atoms with Crippen molar-refractivity contribution in [2.75, 3.05) is 33.7 Å². The van der Waals surface area contributed by atoms with Crippen molar-refractivity contribution in [3.05, 3.63) is 34.3 Å². The summed E-state index contributed by atoms with van der Waals surface area (Å²) in [5.74, 6) is 0.843. The van der Waals surface area contributed by atoms with Gasteiger partial charge in [0.25, 0.3) is 0 Å². The van der Waals surface area contributed by atoms with E-state index in [2.05, 4.69) is 40.2 Å². The summed E-state index contributed by atoms with van der Waals surface area (Å²) in [5, 5.41) is 0. The molecule has 19 heavy (non-hydrogen) atoms. The van der Waals surface area contributed by atoms with E-state index in [1.54, 1.807) is 0 Å². The number of hydrogen-bond donors (Lipinski definition) is 0. The molecule has 1 aliphatic heterocycles. The normalized spacial score (nSPS) is 16.9. The highest BCUT2D eigenvalue weighted by atomic mass is 79.9. The summed E-state index contributed by atoms with van der Waals surface area (Å²) in [6.07, 6.45) is 2.14. The highest BCUT2D eigenvalue weighted by Crippen LogP contribution is 2.28. The molecule has 1 heterocycles. The first-order chi connectivity index (χ1) is 9.06. The molecule has 0 unspecified atom stereocenters. The summed E-state index contributed by atoms with van der Waals surface area (Å²) in [6.45, 7) is 2.28. The van der Waals surface area contributed by atoms with Gasteiger partial charge in [-0.1, -0.05) is 28.1 Å². The van der Waals surface area contributed by atoms with E-state index in [1.165, 1.54) is 5.56 Å². The van der Waals surface area contributed by atoms with Crippen LogP contribution in [0.15, 0.2) is 28.7 Å². The van der Waals surface area contributed by atoms with Gasteiger partial charge >= 0.3 is 0 Å². The number of carbonyl (C=O) groups is 1. The molecule has 1 aromatic rings. The largest absolute Gasteiger partial charge is 0.342 e. The Kier molecular flexibility index (Phi) is 4.99. The van der Waals surface area contributed by atoms with E-state index < -0.39 is 0 Å². The molecule has 2 rings (SSSR count). The molecule has 0 bridgehead atoms. The fraction of sp³-hybridized carbons (Fsp3) is 0.533. The van der Waals surface area contributed by atoms with Gasteiger partial charge in [0.05, 0.1) is 6.54 Å².